The summed E-state index contributed by atoms with van der Waals surface area (Å²) in [5, 5.41) is 16.4. The Morgan fingerprint density at radius 2 is 2.17 bits per heavy atom. The van der Waals surface area contributed by atoms with Crippen LogP contribution in [0.2, 0.25) is 0 Å². The zero-order valence-corrected chi connectivity index (χ0v) is 13.3. The van der Waals surface area contributed by atoms with Gasteiger partial charge in [0.25, 0.3) is 0 Å². The molecule has 106 valence electrons. The Balaban J connectivity index is 0.00000162. The predicted molar refractivity (Wildman–Crippen MR) is 82.6 cm³/mol. The van der Waals surface area contributed by atoms with Crippen LogP contribution < -0.4 is 10.6 Å². The first-order valence-corrected chi connectivity index (χ1v) is 6.50. The van der Waals surface area contributed by atoms with Gasteiger partial charge in [-0.15, -0.1) is 24.0 Å². The molecular weight excluding hydrogens is 345 g/mol. The fraction of sp³-hybridized carbons (Fsp3) is 0.917. The lowest BCUT2D eigenvalue weighted by molar-refractivity contribution is -0.0279. The van der Waals surface area contributed by atoms with Crippen molar-refractivity contribution >= 4 is 29.9 Å². The molecule has 3 N–H and O–H groups in total. The second-order valence-corrected chi connectivity index (χ2v) is 5.02. The van der Waals surface area contributed by atoms with Crippen LogP contribution in [-0.2, 0) is 4.74 Å². The van der Waals surface area contributed by atoms with Crippen LogP contribution in [0.15, 0.2) is 4.99 Å². The number of aliphatic imine (C=N–C) groups is 1. The number of ether oxygens (including phenoxy) is 1. The molecule has 6 heteroatoms. The second kappa shape index (κ2) is 7.49. The minimum absolute atomic E-state index is 0. The molecule has 2 aliphatic rings. The van der Waals surface area contributed by atoms with Gasteiger partial charge in [-0.2, -0.15) is 0 Å². The number of nitrogens with one attached hydrogen (secondary N) is 2. The van der Waals surface area contributed by atoms with Gasteiger partial charge in [-0.3, -0.25) is 4.99 Å². The van der Waals surface area contributed by atoms with Gasteiger partial charge >= 0.3 is 0 Å². The minimum Gasteiger partial charge on any atom is -0.388 e. The lowest BCUT2D eigenvalue weighted by atomic mass is 9.80. The Labute approximate surface area is 126 Å². The number of halogens is 1. The number of aliphatic hydroxyl groups is 1. The Bertz CT molecular complexity index is 276. The Kier molecular flexibility index (Phi) is 6.65. The van der Waals surface area contributed by atoms with Crippen LogP contribution in [0.1, 0.15) is 32.1 Å². The van der Waals surface area contributed by atoms with Crippen LogP contribution in [0.3, 0.4) is 0 Å². The average molecular weight is 369 g/mol. The average Bonchev–Trinajstić information content (AvgIpc) is 2.80. The summed E-state index contributed by atoms with van der Waals surface area (Å²) in [6.45, 7) is 2.24. The van der Waals surface area contributed by atoms with Gasteiger partial charge in [0, 0.05) is 26.7 Å². The summed E-state index contributed by atoms with van der Waals surface area (Å²) in [5.74, 6) is 0.751. The molecular formula is C12H24IN3O2. The summed E-state index contributed by atoms with van der Waals surface area (Å²) in [6.07, 6.45) is 5.48. The van der Waals surface area contributed by atoms with E-state index in [2.05, 4.69) is 15.6 Å². The molecule has 0 radical (unpaired) electrons. The third-order valence-electron chi connectivity index (χ3n) is 3.61. The summed E-state index contributed by atoms with van der Waals surface area (Å²) in [4.78, 5) is 4.14. The highest BCUT2D eigenvalue weighted by molar-refractivity contribution is 14.0. The first kappa shape index (κ1) is 16.0. The molecule has 1 atom stereocenters. The minimum atomic E-state index is -0.512. The van der Waals surface area contributed by atoms with Crippen molar-refractivity contribution < 1.29 is 9.84 Å². The molecule has 2 rings (SSSR count). The van der Waals surface area contributed by atoms with Crippen molar-refractivity contribution in [1.29, 1.82) is 0 Å². The molecule has 0 aromatic rings. The normalized spacial score (nSPS) is 26.1. The van der Waals surface area contributed by atoms with Gasteiger partial charge in [0.05, 0.1) is 11.7 Å². The fourth-order valence-corrected chi connectivity index (χ4v) is 2.25. The molecule has 0 spiro atoms. The van der Waals surface area contributed by atoms with Gasteiger partial charge in [0.2, 0.25) is 0 Å². The van der Waals surface area contributed by atoms with E-state index in [1.807, 2.05) is 0 Å². The lowest BCUT2D eigenvalue weighted by Gasteiger charge is -2.37. The van der Waals surface area contributed by atoms with E-state index in [1.165, 1.54) is 0 Å². The fourth-order valence-electron chi connectivity index (χ4n) is 2.25. The highest BCUT2D eigenvalue weighted by Crippen LogP contribution is 2.30. The largest absolute Gasteiger partial charge is 0.388 e. The maximum absolute atomic E-state index is 9.96. The van der Waals surface area contributed by atoms with Gasteiger partial charge in [0.1, 0.15) is 0 Å². The summed E-state index contributed by atoms with van der Waals surface area (Å²) >= 11 is 0. The quantitative estimate of drug-likeness (QED) is 0.391. The van der Waals surface area contributed by atoms with Crippen molar-refractivity contribution in [1.82, 2.24) is 10.6 Å². The van der Waals surface area contributed by atoms with Crippen LogP contribution >= 0.6 is 24.0 Å². The van der Waals surface area contributed by atoms with Gasteiger partial charge in [0.15, 0.2) is 5.96 Å². The molecule has 18 heavy (non-hydrogen) atoms. The molecule has 5 nitrogen and oxygen atoms in total. The number of guanidine groups is 1. The van der Waals surface area contributed by atoms with Gasteiger partial charge in [-0.1, -0.05) is 0 Å². The van der Waals surface area contributed by atoms with Crippen molar-refractivity contribution in [2.45, 2.75) is 43.8 Å². The molecule has 1 saturated heterocycles. The van der Waals surface area contributed by atoms with E-state index < -0.39 is 5.60 Å². The summed E-state index contributed by atoms with van der Waals surface area (Å²) in [7, 11) is 1.75. The molecule has 1 unspecified atom stereocenters. The van der Waals surface area contributed by atoms with Crippen molar-refractivity contribution in [3.05, 3.63) is 0 Å². The van der Waals surface area contributed by atoms with E-state index in [4.69, 9.17) is 4.74 Å². The molecule has 0 bridgehead atoms. The number of nitrogens with zero attached hydrogens (tertiary/aromatic N) is 1. The van der Waals surface area contributed by atoms with E-state index in [9.17, 15) is 5.11 Å². The van der Waals surface area contributed by atoms with Crippen LogP contribution in [0.5, 0.6) is 0 Å². The van der Waals surface area contributed by atoms with Crippen molar-refractivity contribution in [3.63, 3.8) is 0 Å². The monoisotopic (exact) mass is 369 g/mol. The molecule has 1 saturated carbocycles. The molecule has 1 aliphatic heterocycles. The van der Waals surface area contributed by atoms with E-state index in [0.29, 0.717) is 12.6 Å². The Morgan fingerprint density at radius 3 is 2.67 bits per heavy atom. The highest BCUT2D eigenvalue weighted by Gasteiger charge is 2.34. The zero-order valence-electron chi connectivity index (χ0n) is 10.9. The predicted octanol–water partition coefficient (Wildman–Crippen LogP) is 0.863. The topological polar surface area (TPSA) is 65.9 Å². The number of rotatable bonds is 4. The first-order chi connectivity index (χ1) is 8.22. The third-order valence-corrected chi connectivity index (χ3v) is 3.61. The first-order valence-electron chi connectivity index (χ1n) is 6.50. The molecule has 1 heterocycles. The van der Waals surface area contributed by atoms with Crippen molar-refractivity contribution in [3.8, 4) is 0 Å². The molecule has 0 aromatic carbocycles. The highest BCUT2D eigenvalue weighted by atomic mass is 127. The van der Waals surface area contributed by atoms with Gasteiger partial charge in [-0.05, 0) is 32.1 Å². The Hall–Kier alpha value is -0.0800. The number of hydrogen-bond acceptors (Lipinski definition) is 3. The summed E-state index contributed by atoms with van der Waals surface area (Å²) < 4.78 is 5.53. The summed E-state index contributed by atoms with van der Waals surface area (Å²) in [6, 6.07) is 0. The van der Waals surface area contributed by atoms with E-state index in [-0.39, 0.29) is 24.0 Å². The third kappa shape index (κ3) is 4.55. The van der Waals surface area contributed by atoms with Crippen molar-refractivity contribution in [2.24, 2.45) is 4.99 Å². The van der Waals surface area contributed by atoms with Crippen LogP contribution in [0.25, 0.3) is 0 Å². The molecule has 0 amide bonds. The van der Waals surface area contributed by atoms with E-state index in [1.54, 1.807) is 7.05 Å². The second-order valence-electron chi connectivity index (χ2n) is 5.02. The van der Waals surface area contributed by atoms with Gasteiger partial charge in [-0.25, -0.2) is 0 Å². The molecule has 2 fully saturated rings. The van der Waals surface area contributed by atoms with E-state index in [0.717, 1.165) is 51.2 Å². The van der Waals surface area contributed by atoms with E-state index >= 15 is 0 Å². The maximum Gasteiger partial charge on any atom is 0.191 e. The molecule has 1 aliphatic carbocycles. The maximum atomic E-state index is 9.96. The Morgan fingerprint density at radius 1 is 1.39 bits per heavy atom. The van der Waals surface area contributed by atoms with Crippen LogP contribution in [0.4, 0.5) is 0 Å². The van der Waals surface area contributed by atoms with Gasteiger partial charge < -0.3 is 20.5 Å². The smallest absolute Gasteiger partial charge is 0.191 e. The number of hydrogen-bond donors (Lipinski definition) is 3. The van der Waals surface area contributed by atoms with Crippen molar-refractivity contribution in [2.75, 3.05) is 26.7 Å². The zero-order chi connectivity index (χ0) is 12.1. The molecule has 0 aromatic heterocycles. The van der Waals surface area contributed by atoms with Crippen LogP contribution in [0, 0.1) is 0 Å². The SMILES string of the molecule is CN=C(NCC1CCCO1)NCC1(O)CCC1.I. The standard InChI is InChI=1S/C12H23N3O2.HI/c1-13-11(14-8-10-4-2-7-17-10)15-9-12(16)5-3-6-12;/h10,16H,2-9H2,1H3,(H2,13,14,15);1H. The lowest BCUT2D eigenvalue weighted by Crippen LogP contribution is -2.51. The van der Waals surface area contributed by atoms with Crippen LogP contribution in [-0.4, -0.2) is 49.5 Å². The summed E-state index contributed by atoms with van der Waals surface area (Å²) in [5.41, 5.74) is -0.512.